The predicted octanol–water partition coefficient (Wildman–Crippen LogP) is 5.47. The summed E-state index contributed by atoms with van der Waals surface area (Å²) in [5.74, 6) is 0. The van der Waals surface area contributed by atoms with Gasteiger partial charge in [0.1, 0.15) is 18.0 Å². The fourth-order valence-corrected chi connectivity index (χ4v) is 3.22. The van der Waals surface area contributed by atoms with E-state index in [1.165, 1.54) is 16.6 Å². The summed E-state index contributed by atoms with van der Waals surface area (Å²) >= 11 is 0. The number of carbonyl (C=O) groups excluding carboxylic acids is 1. The molecule has 0 radical (unpaired) electrons. The molecule has 3 rings (SSSR count). The Labute approximate surface area is 209 Å². The summed E-state index contributed by atoms with van der Waals surface area (Å²) in [6, 6.07) is 14.5. The summed E-state index contributed by atoms with van der Waals surface area (Å²) < 4.78 is 19.6. The van der Waals surface area contributed by atoms with Crippen molar-refractivity contribution in [2.24, 2.45) is 0 Å². The molecule has 1 N–H and O–H groups in total. The SMILES string of the molecule is CN(C(=O)O)c1ccc(C=Cc2ccc(N(Cc3cn(CCF)nn3)C(=O)OC(C)(C)C)cc2)cc1. The van der Waals surface area contributed by atoms with E-state index in [0.29, 0.717) is 17.1 Å². The van der Waals surface area contributed by atoms with E-state index < -0.39 is 24.5 Å². The molecule has 36 heavy (non-hydrogen) atoms. The molecule has 0 unspecified atom stereocenters. The Morgan fingerprint density at radius 2 is 1.58 bits per heavy atom. The summed E-state index contributed by atoms with van der Waals surface area (Å²) in [6.45, 7) is 5.03. The van der Waals surface area contributed by atoms with E-state index in [1.54, 1.807) is 51.2 Å². The summed E-state index contributed by atoms with van der Waals surface area (Å²) in [4.78, 5) is 26.6. The van der Waals surface area contributed by atoms with Gasteiger partial charge in [-0.25, -0.2) is 18.7 Å². The van der Waals surface area contributed by atoms with Crippen LogP contribution in [0.4, 0.5) is 25.4 Å². The van der Waals surface area contributed by atoms with Gasteiger partial charge in [0.15, 0.2) is 0 Å². The standard InChI is InChI=1S/C26H30FN5O4/c1-26(2,3)36-25(35)32(18-21-17-31(16-15-27)29-28-21)23-13-9-20(10-14-23)6-5-19-7-11-22(12-8-19)30(4)24(33)34/h5-14,17H,15-16,18H2,1-4H3,(H,33,34). The predicted molar refractivity (Wildman–Crippen MR) is 137 cm³/mol. The van der Waals surface area contributed by atoms with Crippen molar-refractivity contribution < 1.29 is 23.8 Å². The minimum atomic E-state index is -1.02. The number of carboxylic acid groups (broad SMARTS) is 1. The first-order valence-electron chi connectivity index (χ1n) is 11.4. The lowest BCUT2D eigenvalue weighted by molar-refractivity contribution is 0.0577. The van der Waals surface area contributed by atoms with E-state index in [4.69, 9.17) is 9.84 Å². The van der Waals surface area contributed by atoms with Gasteiger partial charge in [0.2, 0.25) is 0 Å². The van der Waals surface area contributed by atoms with Crippen molar-refractivity contribution in [3.63, 3.8) is 0 Å². The molecule has 2 aromatic carbocycles. The summed E-state index contributed by atoms with van der Waals surface area (Å²) in [7, 11) is 1.49. The van der Waals surface area contributed by atoms with Gasteiger partial charge in [0, 0.05) is 18.4 Å². The molecule has 2 amide bonds. The maximum Gasteiger partial charge on any atom is 0.415 e. The van der Waals surface area contributed by atoms with Gasteiger partial charge in [-0.3, -0.25) is 9.80 Å². The van der Waals surface area contributed by atoms with E-state index in [1.807, 2.05) is 36.4 Å². The van der Waals surface area contributed by atoms with Crippen molar-refractivity contribution in [3.05, 3.63) is 71.5 Å². The maximum atomic E-state index is 12.9. The second kappa shape index (κ2) is 11.5. The Bertz CT molecular complexity index is 1200. The van der Waals surface area contributed by atoms with E-state index in [-0.39, 0.29) is 13.1 Å². The van der Waals surface area contributed by atoms with Crippen molar-refractivity contribution >= 4 is 35.7 Å². The second-order valence-electron chi connectivity index (χ2n) is 9.09. The highest BCUT2D eigenvalue weighted by Crippen LogP contribution is 2.22. The molecule has 1 aromatic heterocycles. The first-order valence-corrected chi connectivity index (χ1v) is 11.4. The first-order chi connectivity index (χ1) is 17.1. The zero-order valence-corrected chi connectivity index (χ0v) is 20.8. The lowest BCUT2D eigenvalue weighted by Gasteiger charge is -2.27. The van der Waals surface area contributed by atoms with Gasteiger partial charge in [-0.15, -0.1) is 5.10 Å². The molecule has 0 fully saturated rings. The number of amides is 2. The Morgan fingerprint density at radius 3 is 2.08 bits per heavy atom. The fourth-order valence-electron chi connectivity index (χ4n) is 3.22. The van der Waals surface area contributed by atoms with Gasteiger partial charge in [0.05, 0.1) is 19.3 Å². The number of hydrogen-bond donors (Lipinski definition) is 1. The van der Waals surface area contributed by atoms with Crippen LogP contribution in [0.3, 0.4) is 0 Å². The number of nitrogens with zero attached hydrogens (tertiary/aromatic N) is 5. The average molecular weight is 496 g/mol. The van der Waals surface area contributed by atoms with Crippen LogP contribution in [0.15, 0.2) is 54.7 Å². The molecule has 0 saturated heterocycles. The Kier molecular flexibility index (Phi) is 8.42. The van der Waals surface area contributed by atoms with Crippen LogP contribution >= 0.6 is 0 Å². The molecular weight excluding hydrogens is 465 g/mol. The molecule has 0 saturated carbocycles. The topological polar surface area (TPSA) is 101 Å². The molecule has 0 aliphatic heterocycles. The van der Waals surface area contributed by atoms with E-state index in [2.05, 4.69) is 10.3 Å². The highest BCUT2D eigenvalue weighted by atomic mass is 19.1. The largest absolute Gasteiger partial charge is 0.465 e. The molecule has 0 aliphatic carbocycles. The second-order valence-corrected chi connectivity index (χ2v) is 9.09. The molecule has 1 heterocycles. The number of ether oxygens (including phenoxy) is 1. The lowest BCUT2D eigenvalue weighted by Crippen LogP contribution is -2.36. The number of carbonyl (C=O) groups is 2. The van der Waals surface area contributed by atoms with Gasteiger partial charge >= 0.3 is 12.2 Å². The van der Waals surface area contributed by atoms with E-state index >= 15 is 0 Å². The van der Waals surface area contributed by atoms with Gasteiger partial charge < -0.3 is 9.84 Å². The third-order valence-electron chi connectivity index (χ3n) is 5.07. The number of benzene rings is 2. The number of halogens is 1. The van der Waals surface area contributed by atoms with Crippen LogP contribution in [0.25, 0.3) is 12.2 Å². The number of anilines is 2. The minimum Gasteiger partial charge on any atom is -0.465 e. The van der Waals surface area contributed by atoms with E-state index in [9.17, 15) is 14.0 Å². The third kappa shape index (κ3) is 7.39. The third-order valence-corrected chi connectivity index (χ3v) is 5.07. The van der Waals surface area contributed by atoms with Gasteiger partial charge in [-0.2, -0.15) is 0 Å². The summed E-state index contributed by atoms with van der Waals surface area (Å²) in [5.41, 5.74) is 2.84. The molecule has 10 heteroatoms. The van der Waals surface area contributed by atoms with Gasteiger partial charge in [-0.1, -0.05) is 41.6 Å². The van der Waals surface area contributed by atoms with Crippen molar-refractivity contribution in [2.75, 3.05) is 23.5 Å². The normalized spacial score (nSPS) is 11.5. The Balaban J connectivity index is 1.76. The van der Waals surface area contributed by atoms with Crippen LogP contribution in [-0.2, 0) is 17.8 Å². The molecule has 0 atom stereocenters. The molecular formula is C26H30FN5O4. The number of alkyl halides is 1. The van der Waals surface area contributed by atoms with Crippen LogP contribution in [0.5, 0.6) is 0 Å². The molecule has 0 aliphatic rings. The van der Waals surface area contributed by atoms with Gasteiger partial charge in [-0.05, 0) is 56.2 Å². The van der Waals surface area contributed by atoms with Crippen LogP contribution in [0.1, 0.15) is 37.6 Å². The van der Waals surface area contributed by atoms with Gasteiger partial charge in [0.25, 0.3) is 0 Å². The fraction of sp³-hybridized carbons (Fsp3) is 0.308. The quantitative estimate of drug-likeness (QED) is 0.416. The monoisotopic (exact) mass is 495 g/mol. The highest BCUT2D eigenvalue weighted by Gasteiger charge is 2.24. The molecule has 190 valence electrons. The van der Waals surface area contributed by atoms with Crippen molar-refractivity contribution in [1.29, 1.82) is 0 Å². The van der Waals surface area contributed by atoms with Crippen molar-refractivity contribution in [2.45, 2.75) is 39.5 Å². The van der Waals surface area contributed by atoms with Crippen LogP contribution in [-0.4, -0.2) is 51.6 Å². The average Bonchev–Trinajstić information content (AvgIpc) is 3.27. The zero-order chi connectivity index (χ0) is 26.3. The highest BCUT2D eigenvalue weighted by molar-refractivity contribution is 5.88. The molecule has 9 nitrogen and oxygen atoms in total. The van der Waals surface area contributed by atoms with Crippen molar-refractivity contribution in [1.82, 2.24) is 15.0 Å². The Hall–Kier alpha value is -4.21. The number of hydrogen-bond acceptors (Lipinski definition) is 5. The summed E-state index contributed by atoms with van der Waals surface area (Å²) in [6.07, 6.45) is 3.88. The molecule has 0 spiro atoms. The summed E-state index contributed by atoms with van der Waals surface area (Å²) in [5, 5.41) is 17.0. The number of aromatic nitrogens is 3. The number of rotatable bonds is 8. The Morgan fingerprint density at radius 1 is 1.03 bits per heavy atom. The lowest BCUT2D eigenvalue weighted by atomic mass is 10.1. The zero-order valence-electron chi connectivity index (χ0n) is 20.8. The molecule has 0 bridgehead atoms. The van der Waals surface area contributed by atoms with Crippen LogP contribution < -0.4 is 9.80 Å². The smallest absolute Gasteiger partial charge is 0.415 e. The minimum absolute atomic E-state index is 0.0967. The van der Waals surface area contributed by atoms with Crippen LogP contribution in [0.2, 0.25) is 0 Å². The van der Waals surface area contributed by atoms with Crippen LogP contribution in [0, 0.1) is 0 Å². The molecule has 3 aromatic rings. The number of aryl methyl sites for hydroxylation is 1. The maximum absolute atomic E-state index is 12.9. The van der Waals surface area contributed by atoms with E-state index in [0.717, 1.165) is 16.0 Å². The first kappa shape index (κ1) is 26.4. The van der Waals surface area contributed by atoms with Crippen molar-refractivity contribution in [3.8, 4) is 0 Å².